The zero-order chi connectivity index (χ0) is 15.5. The fourth-order valence-corrected chi connectivity index (χ4v) is 2.29. The average Bonchev–Trinajstić information content (AvgIpc) is 3.15. The van der Waals surface area contributed by atoms with Crippen molar-refractivity contribution in [3.63, 3.8) is 0 Å². The van der Waals surface area contributed by atoms with Crippen LogP contribution in [0.4, 0.5) is 5.95 Å². The molecule has 9 nitrogen and oxygen atoms in total. The first-order chi connectivity index (χ1) is 10.7. The summed E-state index contributed by atoms with van der Waals surface area (Å²) < 4.78 is 23.2. The maximum Gasteiger partial charge on any atom is 0.323 e. The van der Waals surface area contributed by atoms with Gasteiger partial charge in [0, 0.05) is 0 Å². The number of aromatic nitrogens is 5. The van der Waals surface area contributed by atoms with Gasteiger partial charge in [0.2, 0.25) is 11.8 Å². The van der Waals surface area contributed by atoms with Gasteiger partial charge in [0.1, 0.15) is 18.1 Å². The average molecular weight is 322 g/mol. The van der Waals surface area contributed by atoms with Gasteiger partial charge in [-0.2, -0.15) is 19.5 Å². The Bertz CT molecular complexity index is 760. The van der Waals surface area contributed by atoms with Crippen LogP contribution in [0.5, 0.6) is 6.01 Å². The quantitative estimate of drug-likeness (QED) is 0.650. The van der Waals surface area contributed by atoms with Crippen LogP contribution in [0.2, 0.25) is 0 Å². The van der Waals surface area contributed by atoms with Gasteiger partial charge in [0.05, 0.1) is 6.26 Å². The van der Waals surface area contributed by atoms with Crippen molar-refractivity contribution in [2.24, 2.45) is 0 Å². The van der Waals surface area contributed by atoms with Gasteiger partial charge in [0.15, 0.2) is 5.76 Å². The molecule has 1 unspecified atom stereocenters. The molecule has 2 N–H and O–H groups in total. The molecular formula is C12H14N6O3S. The molecule has 116 valence electrons. The van der Waals surface area contributed by atoms with E-state index in [1.807, 2.05) is 6.92 Å². The maximum atomic E-state index is 11.3. The fraction of sp³-hybridized carbons (Fsp3) is 0.333. The molecule has 0 radical (unpaired) electrons. The number of rotatable bonds is 6. The second kappa shape index (κ2) is 6.20. The first-order valence-corrected chi connectivity index (χ1v) is 8.08. The number of hydrogen-bond donors (Lipinski definition) is 1. The maximum absolute atomic E-state index is 11.3. The molecular weight excluding hydrogens is 308 g/mol. The molecule has 0 amide bonds. The molecule has 0 fully saturated rings. The van der Waals surface area contributed by atoms with Crippen LogP contribution in [-0.4, -0.2) is 47.2 Å². The molecule has 0 saturated carbocycles. The van der Waals surface area contributed by atoms with Crippen molar-refractivity contribution in [3.8, 4) is 17.6 Å². The summed E-state index contributed by atoms with van der Waals surface area (Å²) in [5.41, 5.74) is 5.82. The lowest BCUT2D eigenvalue weighted by Gasteiger charge is -2.08. The van der Waals surface area contributed by atoms with E-state index in [-0.39, 0.29) is 24.3 Å². The summed E-state index contributed by atoms with van der Waals surface area (Å²) in [7, 11) is 0. The Balaban J connectivity index is 1.82. The number of nitrogens with two attached hydrogens (primary N) is 1. The van der Waals surface area contributed by atoms with Crippen LogP contribution in [0.3, 0.4) is 0 Å². The monoisotopic (exact) mass is 322 g/mol. The first-order valence-electron chi connectivity index (χ1n) is 6.59. The predicted molar refractivity (Wildman–Crippen MR) is 79.7 cm³/mol. The Morgan fingerprint density at radius 3 is 3.00 bits per heavy atom. The van der Waals surface area contributed by atoms with Crippen LogP contribution in [0.1, 0.15) is 6.92 Å². The van der Waals surface area contributed by atoms with Crippen molar-refractivity contribution < 1.29 is 13.7 Å². The van der Waals surface area contributed by atoms with E-state index in [0.29, 0.717) is 23.1 Å². The molecule has 0 aliphatic heterocycles. The Kier molecular flexibility index (Phi) is 4.11. The summed E-state index contributed by atoms with van der Waals surface area (Å²) >= 11 is -0.907. The minimum absolute atomic E-state index is 0.0801. The number of ether oxygens (including phenoxy) is 1. The second-order valence-electron chi connectivity index (χ2n) is 4.27. The van der Waals surface area contributed by atoms with E-state index < -0.39 is 11.2 Å². The minimum Gasteiger partial charge on any atom is -0.616 e. The van der Waals surface area contributed by atoms with Gasteiger partial charge >= 0.3 is 6.01 Å². The zero-order valence-corrected chi connectivity index (χ0v) is 12.6. The van der Waals surface area contributed by atoms with Gasteiger partial charge in [-0.1, -0.05) is 11.2 Å². The predicted octanol–water partition coefficient (Wildman–Crippen LogP) is 0.509. The molecule has 3 aromatic rings. The lowest BCUT2D eigenvalue weighted by molar-refractivity contribution is 0.313. The smallest absolute Gasteiger partial charge is 0.323 e. The molecule has 0 aromatic carbocycles. The lowest BCUT2D eigenvalue weighted by Crippen LogP contribution is -2.17. The molecule has 3 rings (SSSR count). The van der Waals surface area contributed by atoms with E-state index in [1.165, 1.54) is 10.8 Å². The molecule has 3 aromatic heterocycles. The van der Waals surface area contributed by atoms with Crippen LogP contribution in [0.15, 0.2) is 22.8 Å². The van der Waals surface area contributed by atoms with Gasteiger partial charge in [-0.3, -0.25) is 0 Å². The summed E-state index contributed by atoms with van der Waals surface area (Å²) in [6, 6.07) is 3.55. The van der Waals surface area contributed by atoms with Crippen molar-refractivity contribution in [1.82, 2.24) is 24.6 Å². The number of nitrogen functional groups attached to an aromatic ring is 1. The fourth-order valence-electron chi connectivity index (χ4n) is 1.73. The summed E-state index contributed by atoms with van der Waals surface area (Å²) in [5, 5.41) is 4.18. The van der Waals surface area contributed by atoms with E-state index in [4.69, 9.17) is 14.9 Å². The lowest BCUT2D eigenvalue weighted by atomic mass is 10.4. The van der Waals surface area contributed by atoms with Crippen molar-refractivity contribution in [3.05, 3.63) is 18.4 Å². The molecule has 0 aliphatic carbocycles. The highest BCUT2D eigenvalue weighted by Gasteiger charge is 2.14. The number of furan rings is 1. The number of hydrogen-bond acceptors (Lipinski definition) is 8. The third-order valence-corrected chi connectivity index (χ3v) is 4.08. The molecule has 0 spiro atoms. The van der Waals surface area contributed by atoms with Gasteiger partial charge in [-0.05, 0) is 19.1 Å². The van der Waals surface area contributed by atoms with E-state index in [2.05, 4.69) is 20.1 Å². The SMILES string of the molecule is CC[S+]([O-])CCOc1nc(N)n2nc(-c3ccco3)nc2n1. The largest absolute Gasteiger partial charge is 0.616 e. The highest BCUT2D eigenvalue weighted by molar-refractivity contribution is 7.91. The van der Waals surface area contributed by atoms with Crippen molar-refractivity contribution in [2.45, 2.75) is 6.92 Å². The number of fused-ring (bicyclic) bond motifs is 1. The molecule has 0 bridgehead atoms. The third kappa shape index (κ3) is 2.97. The van der Waals surface area contributed by atoms with E-state index in [0.717, 1.165) is 0 Å². The molecule has 3 heterocycles. The summed E-state index contributed by atoms with van der Waals surface area (Å²) in [6.45, 7) is 2.10. The number of anilines is 1. The van der Waals surface area contributed by atoms with E-state index in [9.17, 15) is 4.55 Å². The minimum atomic E-state index is -0.907. The standard InChI is InChI=1S/C12H14N6O3S/c1-2-22(19)7-6-21-12-15-10(13)18-11(16-12)14-9(17-18)8-4-3-5-20-8/h3-5H,2,6-7H2,1H3,(H2,13,14,15,16,17). The first kappa shape index (κ1) is 14.6. The highest BCUT2D eigenvalue weighted by atomic mass is 32.2. The Hall–Kier alpha value is -2.33. The third-order valence-electron chi connectivity index (χ3n) is 2.82. The Labute approximate surface area is 128 Å². The van der Waals surface area contributed by atoms with Crippen LogP contribution in [0.25, 0.3) is 17.4 Å². The molecule has 0 saturated heterocycles. The van der Waals surface area contributed by atoms with Crippen LogP contribution >= 0.6 is 0 Å². The van der Waals surface area contributed by atoms with Crippen LogP contribution in [-0.2, 0) is 11.2 Å². The Morgan fingerprint density at radius 2 is 2.27 bits per heavy atom. The topological polar surface area (TPSA) is 127 Å². The highest BCUT2D eigenvalue weighted by Crippen LogP contribution is 2.18. The van der Waals surface area contributed by atoms with E-state index in [1.54, 1.807) is 12.1 Å². The molecule has 0 aliphatic rings. The summed E-state index contributed by atoms with van der Waals surface area (Å²) in [6.07, 6.45) is 1.53. The normalized spacial score (nSPS) is 12.6. The van der Waals surface area contributed by atoms with Crippen LogP contribution in [0, 0.1) is 0 Å². The van der Waals surface area contributed by atoms with Gasteiger partial charge in [-0.15, -0.1) is 5.10 Å². The molecule has 10 heteroatoms. The zero-order valence-electron chi connectivity index (χ0n) is 11.8. The van der Waals surface area contributed by atoms with Gasteiger partial charge < -0.3 is 19.4 Å². The summed E-state index contributed by atoms with van der Waals surface area (Å²) in [4.78, 5) is 12.3. The number of nitrogens with zero attached hydrogens (tertiary/aromatic N) is 5. The van der Waals surface area contributed by atoms with Gasteiger partial charge in [-0.25, -0.2) is 0 Å². The van der Waals surface area contributed by atoms with Crippen LogP contribution < -0.4 is 10.5 Å². The van der Waals surface area contributed by atoms with E-state index >= 15 is 0 Å². The Morgan fingerprint density at radius 1 is 1.41 bits per heavy atom. The van der Waals surface area contributed by atoms with Gasteiger partial charge in [0.25, 0.3) is 5.78 Å². The van der Waals surface area contributed by atoms with Crippen molar-refractivity contribution >= 4 is 22.9 Å². The summed E-state index contributed by atoms with van der Waals surface area (Å²) in [5.74, 6) is 2.21. The molecule has 1 atom stereocenters. The molecule has 22 heavy (non-hydrogen) atoms. The van der Waals surface area contributed by atoms with Crippen molar-refractivity contribution in [2.75, 3.05) is 23.8 Å². The van der Waals surface area contributed by atoms with Crippen molar-refractivity contribution in [1.29, 1.82) is 0 Å². The second-order valence-corrected chi connectivity index (χ2v) is 6.14.